The third kappa shape index (κ3) is 3.75. The lowest BCUT2D eigenvalue weighted by Crippen LogP contribution is -2.37. The number of aromatic nitrogens is 2. The normalized spacial score (nSPS) is 10.2. The fraction of sp³-hybridized carbons (Fsp3) is 0.556. The molecule has 0 atom stereocenters. The summed E-state index contributed by atoms with van der Waals surface area (Å²) >= 11 is 0.960. The predicted molar refractivity (Wildman–Crippen MR) is 60.1 cm³/mol. The number of carbonyl (C=O) groups is 2. The van der Waals surface area contributed by atoms with Gasteiger partial charge >= 0.3 is 5.97 Å². The molecule has 0 saturated heterocycles. The second-order valence-corrected chi connectivity index (χ2v) is 4.05. The molecule has 0 radical (unpaired) electrons. The Kier molecular flexibility index (Phi) is 4.98. The molecule has 1 amide bonds. The van der Waals surface area contributed by atoms with Gasteiger partial charge < -0.3 is 14.7 Å². The van der Waals surface area contributed by atoms with Crippen molar-refractivity contribution in [1.29, 1.82) is 0 Å². The van der Waals surface area contributed by atoms with E-state index in [-0.39, 0.29) is 25.6 Å². The fourth-order valence-electron chi connectivity index (χ4n) is 1.19. The number of hydrogen-bond donors (Lipinski definition) is 1. The number of ether oxygens (including phenoxy) is 1. The van der Waals surface area contributed by atoms with Crippen LogP contribution in [-0.2, 0) is 9.53 Å². The minimum atomic E-state index is -1.07. The Morgan fingerprint density at radius 1 is 1.53 bits per heavy atom. The molecular weight excluding hydrogens is 246 g/mol. The van der Waals surface area contributed by atoms with E-state index in [0.717, 1.165) is 11.5 Å². The zero-order chi connectivity index (χ0) is 12.8. The monoisotopic (exact) mass is 259 g/mol. The summed E-state index contributed by atoms with van der Waals surface area (Å²) in [4.78, 5) is 24.2. The Morgan fingerprint density at radius 3 is 2.71 bits per heavy atom. The van der Waals surface area contributed by atoms with Crippen molar-refractivity contribution < 1.29 is 19.4 Å². The second-order valence-electron chi connectivity index (χ2n) is 3.30. The molecule has 1 aromatic rings. The van der Waals surface area contributed by atoms with Crippen LogP contribution in [0.5, 0.6) is 0 Å². The van der Waals surface area contributed by atoms with Crippen LogP contribution in [0, 0.1) is 6.92 Å². The Labute approximate surface area is 102 Å². The van der Waals surface area contributed by atoms with Crippen molar-refractivity contribution >= 4 is 23.4 Å². The number of carboxylic acid groups (broad SMARTS) is 1. The molecule has 1 heterocycles. The Bertz CT molecular complexity index is 407. The molecule has 0 spiro atoms. The summed E-state index contributed by atoms with van der Waals surface area (Å²) in [6.07, 6.45) is 0. The maximum atomic E-state index is 12.0. The van der Waals surface area contributed by atoms with E-state index >= 15 is 0 Å². The summed E-state index contributed by atoms with van der Waals surface area (Å²) in [6, 6.07) is 0. The van der Waals surface area contributed by atoms with Crippen LogP contribution >= 0.6 is 11.5 Å². The highest BCUT2D eigenvalue weighted by atomic mass is 32.1. The first-order valence-corrected chi connectivity index (χ1v) is 5.62. The highest BCUT2D eigenvalue weighted by Gasteiger charge is 2.22. The van der Waals surface area contributed by atoms with Crippen molar-refractivity contribution in [3.8, 4) is 0 Å². The van der Waals surface area contributed by atoms with Crippen LogP contribution < -0.4 is 0 Å². The number of aliphatic carboxylic acids is 1. The molecule has 0 unspecified atom stereocenters. The summed E-state index contributed by atoms with van der Waals surface area (Å²) in [5, 5.41) is 12.5. The molecule has 1 aromatic heterocycles. The first-order valence-electron chi connectivity index (χ1n) is 4.85. The SMILES string of the molecule is COCCN(CC(=O)O)C(=O)c1snnc1C. The van der Waals surface area contributed by atoms with Gasteiger partial charge in [0.15, 0.2) is 0 Å². The third-order valence-corrected chi connectivity index (χ3v) is 2.84. The number of carbonyl (C=O) groups excluding carboxylic acids is 1. The average molecular weight is 259 g/mol. The Morgan fingerprint density at radius 2 is 2.24 bits per heavy atom. The van der Waals surface area contributed by atoms with E-state index in [1.54, 1.807) is 6.92 Å². The smallest absolute Gasteiger partial charge is 0.323 e. The molecule has 8 heteroatoms. The van der Waals surface area contributed by atoms with Gasteiger partial charge in [-0.25, -0.2) is 0 Å². The van der Waals surface area contributed by atoms with Gasteiger partial charge in [-0.15, -0.1) is 5.10 Å². The average Bonchev–Trinajstić information content (AvgIpc) is 2.69. The van der Waals surface area contributed by atoms with Gasteiger partial charge in [-0.05, 0) is 18.5 Å². The van der Waals surface area contributed by atoms with E-state index in [4.69, 9.17) is 9.84 Å². The molecule has 94 valence electrons. The van der Waals surface area contributed by atoms with Crippen molar-refractivity contribution in [3.63, 3.8) is 0 Å². The van der Waals surface area contributed by atoms with Crippen LogP contribution in [0.25, 0.3) is 0 Å². The number of carboxylic acids is 1. The minimum absolute atomic E-state index is 0.221. The van der Waals surface area contributed by atoms with Gasteiger partial charge in [-0.1, -0.05) is 4.49 Å². The van der Waals surface area contributed by atoms with Gasteiger partial charge in [-0.2, -0.15) is 0 Å². The molecule has 17 heavy (non-hydrogen) atoms. The number of rotatable bonds is 6. The molecule has 1 rings (SSSR count). The largest absolute Gasteiger partial charge is 0.480 e. The molecule has 0 fully saturated rings. The van der Waals surface area contributed by atoms with Crippen molar-refractivity contribution in [2.75, 3.05) is 26.8 Å². The molecule has 0 bridgehead atoms. The summed E-state index contributed by atoms with van der Waals surface area (Å²) in [7, 11) is 1.49. The molecular formula is C9H13N3O4S. The van der Waals surface area contributed by atoms with Crippen LogP contribution in [0.3, 0.4) is 0 Å². The van der Waals surface area contributed by atoms with E-state index in [2.05, 4.69) is 9.59 Å². The number of nitrogens with zero attached hydrogens (tertiary/aromatic N) is 3. The highest BCUT2D eigenvalue weighted by Crippen LogP contribution is 2.12. The quantitative estimate of drug-likeness (QED) is 0.774. The zero-order valence-corrected chi connectivity index (χ0v) is 10.4. The summed E-state index contributed by atoms with van der Waals surface area (Å²) in [5.41, 5.74) is 0.507. The molecule has 0 aliphatic heterocycles. The van der Waals surface area contributed by atoms with E-state index in [1.165, 1.54) is 12.0 Å². The fourth-order valence-corrected chi connectivity index (χ4v) is 1.81. The van der Waals surface area contributed by atoms with Gasteiger partial charge in [-0.3, -0.25) is 9.59 Å². The topological polar surface area (TPSA) is 92.6 Å². The van der Waals surface area contributed by atoms with Gasteiger partial charge in [0.2, 0.25) is 0 Å². The van der Waals surface area contributed by atoms with Crippen LogP contribution in [0.15, 0.2) is 0 Å². The number of hydrogen-bond acceptors (Lipinski definition) is 6. The molecule has 0 aliphatic carbocycles. The molecule has 7 nitrogen and oxygen atoms in total. The van der Waals surface area contributed by atoms with E-state index in [0.29, 0.717) is 10.6 Å². The zero-order valence-electron chi connectivity index (χ0n) is 9.54. The van der Waals surface area contributed by atoms with E-state index in [1.807, 2.05) is 0 Å². The Hall–Kier alpha value is -1.54. The van der Waals surface area contributed by atoms with Crippen molar-refractivity contribution in [2.45, 2.75) is 6.92 Å². The maximum Gasteiger partial charge on any atom is 0.323 e. The van der Waals surface area contributed by atoms with E-state index < -0.39 is 5.97 Å². The first kappa shape index (κ1) is 13.5. The van der Waals surface area contributed by atoms with Crippen LogP contribution in [-0.4, -0.2) is 58.3 Å². The van der Waals surface area contributed by atoms with Crippen molar-refractivity contribution in [3.05, 3.63) is 10.6 Å². The van der Waals surface area contributed by atoms with Gasteiger partial charge in [0.25, 0.3) is 5.91 Å². The number of amides is 1. The molecule has 0 aliphatic rings. The standard InChI is InChI=1S/C9H13N3O4S/c1-6-8(17-11-10-6)9(15)12(3-4-16-2)5-7(13)14/h3-5H2,1-2H3,(H,13,14). The number of aryl methyl sites for hydroxylation is 1. The minimum Gasteiger partial charge on any atom is -0.480 e. The van der Waals surface area contributed by atoms with Crippen LogP contribution in [0.2, 0.25) is 0 Å². The van der Waals surface area contributed by atoms with Crippen molar-refractivity contribution in [2.24, 2.45) is 0 Å². The van der Waals surface area contributed by atoms with E-state index in [9.17, 15) is 9.59 Å². The maximum absolute atomic E-state index is 12.0. The van der Waals surface area contributed by atoms with Gasteiger partial charge in [0, 0.05) is 13.7 Å². The lowest BCUT2D eigenvalue weighted by atomic mass is 10.3. The molecule has 1 N–H and O–H groups in total. The lowest BCUT2D eigenvalue weighted by molar-refractivity contribution is -0.137. The first-order chi connectivity index (χ1) is 8.06. The van der Waals surface area contributed by atoms with Crippen LogP contribution in [0.4, 0.5) is 0 Å². The summed E-state index contributed by atoms with van der Waals surface area (Å²) in [6.45, 7) is 1.80. The highest BCUT2D eigenvalue weighted by molar-refractivity contribution is 7.07. The third-order valence-electron chi connectivity index (χ3n) is 2.02. The summed E-state index contributed by atoms with van der Waals surface area (Å²) in [5.74, 6) is -1.44. The molecule has 0 aromatic carbocycles. The predicted octanol–water partition coefficient (Wildman–Crippen LogP) is 0.0197. The summed E-state index contributed by atoms with van der Waals surface area (Å²) < 4.78 is 8.49. The number of methoxy groups -OCH3 is 1. The molecule has 0 saturated carbocycles. The second kappa shape index (κ2) is 6.26. The van der Waals surface area contributed by atoms with Crippen LogP contribution in [0.1, 0.15) is 15.4 Å². The Balaban J connectivity index is 2.78. The van der Waals surface area contributed by atoms with Gasteiger partial charge in [0.05, 0.1) is 12.3 Å². The van der Waals surface area contributed by atoms with Crippen molar-refractivity contribution in [1.82, 2.24) is 14.5 Å². The lowest BCUT2D eigenvalue weighted by Gasteiger charge is -2.19. The van der Waals surface area contributed by atoms with Gasteiger partial charge in [0.1, 0.15) is 11.4 Å².